The fourth-order valence-corrected chi connectivity index (χ4v) is 1.82. The Labute approximate surface area is 113 Å². The molecule has 5 heteroatoms. The average molecular weight is 267 g/mol. The molecule has 1 aromatic rings. The molecule has 1 aromatic carbocycles. The van der Waals surface area contributed by atoms with Crippen LogP contribution in [0, 0.1) is 0 Å². The zero-order valence-corrected chi connectivity index (χ0v) is 11.3. The van der Waals surface area contributed by atoms with Gasteiger partial charge in [-0.2, -0.15) is 0 Å². The summed E-state index contributed by atoms with van der Waals surface area (Å²) in [6.45, 7) is 1.40. The molecule has 0 spiro atoms. The molecule has 19 heavy (non-hydrogen) atoms. The van der Waals surface area contributed by atoms with E-state index in [1.807, 2.05) is 30.3 Å². The van der Waals surface area contributed by atoms with E-state index in [4.69, 9.17) is 9.47 Å². The topological polar surface area (TPSA) is 67.8 Å². The molecule has 0 aliphatic rings. The number of carbonyl (C=O) groups is 1. The van der Waals surface area contributed by atoms with Gasteiger partial charge in [-0.25, -0.2) is 0 Å². The number of hydrogen-bond donors (Lipinski definition) is 2. The number of aliphatic carboxylic acids is 1. The third-order valence-corrected chi connectivity index (χ3v) is 2.91. The normalized spacial score (nSPS) is 14.0. The van der Waals surface area contributed by atoms with Gasteiger partial charge in [0.2, 0.25) is 0 Å². The predicted octanol–water partition coefficient (Wildman–Crippen LogP) is 1.11. The molecule has 0 amide bonds. The molecule has 2 atom stereocenters. The maximum Gasteiger partial charge on any atom is 0.312 e. The van der Waals surface area contributed by atoms with Crippen molar-refractivity contribution >= 4 is 5.97 Å². The van der Waals surface area contributed by atoms with Gasteiger partial charge < -0.3 is 19.9 Å². The van der Waals surface area contributed by atoms with E-state index in [9.17, 15) is 9.90 Å². The second-order valence-corrected chi connectivity index (χ2v) is 4.27. The maximum atomic E-state index is 11.3. The second-order valence-electron chi connectivity index (χ2n) is 4.27. The van der Waals surface area contributed by atoms with Crippen LogP contribution in [0.1, 0.15) is 11.5 Å². The van der Waals surface area contributed by atoms with Gasteiger partial charge in [0, 0.05) is 27.3 Å². The van der Waals surface area contributed by atoms with Crippen molar-refractivity contribution < 1.29 is 19.4 Å². The van der Waals surface area contributed by atoms with Gasteiger partial charge in [0.25, 0.3) is 0 Å². The molecule has 1 rings (SSSR count). The molecule has 0 fully saturated rings. The zero-order chi connectivity index (χ0) is 14.1. The largest absolute Gasteiger partial charge is 0.481 e. The van der Waals surface area contributed by atoms with E-state index in [1.54, 1.807) is 14.2 Å². The zero-order valence-electron chi connectivity index (χ0n) is 11.3. The van der Waals surface area contributed by atoms with Crippen LogP contribution < -0.4 is 5.32 Å². The number of hydrogen-bond acceptors (Lipinski definition) is 4. The summed E-state index contributed by atoms with van der Waals surface area (Å²) in [6, 6.07) is 9.20. The van der Waals surface area contributed by atoms with Gasteiger partial charge in [-0.15, -0.1) is 0 Å². The second kappa shape index (κ2) is 8.63. The van der Waals surface area contributed by atoms with Crippen molar-refractivity contribution in [3.63, 3.8) is 0 Å². The van der Waals surface area contributed by atoms with E-state index in [0.717, 1.165) is 5.56 Å². The molecule has 2 unspecified atom stereocenters. The Morgan fingerprint density at radius 2 is 1.95 bits per heavy atom. The number of nitrogens with one attached hydrogen (secondary N) is 1. The first kappa shape index (κ1) is 15.6. The van der Waals surface area contributed by atoms with Crippen LogP contribution in [0.2, 0.25) is 0 Å². The van der Waals surface area contributed by atoms with Crippen LogP contribution in [-0.2, 0) is 14.3 Å². The van der Waals surface area contributed by atoms with E-state index in [0.29, 0.717) is 19.7 Å². The summed E-state index contributed by atoms with van der Waals surface area (Å²) >= 11 is 0. The lowest BCUT2D eigenvalue weighted by Gasteiger charge is -2.18. The molecule has 0 aromatic heterocycles. The van der Waals surface area contributed by atoms with E-state index in [2.05, 4.69) is 5.32 Å². The summed E-state index contributed by atoms with van der Waals surface area (Å²) in [5.74, 6) is -1.39. The van der Waals surface area contributed by atoms with Crippen LogP contribution in [0.15, 0.2) is 30.3 Å². The van der Waals surface area contributed by atoms with Crippen molar-refractivity contribution in [2.75, 3.05) is 33.9 Å². The molecular formula is C14H21NO4. The van der Waals surface area contributed by atoms with Crippen molar-refractivity contribution in [3.8, 4) is 0 Å². The summed E-state index contributed by atoms with van der Waals surface area (Å²) in [4.78, 5) is 11.3. The Bertz CT molecular complexity index is 369. The first-order chi connectivity index (χ1) is 9.19. The third kappa shape index (κ3) is 5.38. The van der Waals surface area contributed by atoms with Gasteiger partial charge in [0.1, 0.15) is 0 Å². The number of rotatable bonds is 9. The van der Waals surface area contributed by atoms with Gasteiger partial charge in [0.05, 0.1) is 18.6 Å². The maximum absolute atomic E-state index is 11.3. The van der Waals surface area contributed by atoms with Gasteiger partial charge in [0.15, 0.2) is 0 Å². The summed E-state index contributed by atoms with van der Waals surface area (Å²) in [6.07, 6.45) is -0.0739. The summed E-state index contributed by atoms with van der Waals surface area (Å²) < 4.78 is 10.2. The predicted molar refractivity (Wildman–Crippen MR) is 72.4 cm³/mol. The Morgan fingerprint density at radius 1 is 1.26 bits per heavy atom. The minimum Gasteiger partial charge on any atom is -0.481 e. The number of carboxylic acids is 1. The highest BCUT2D eigenvalue weighted by molar-refractivity contribution is 5.76. The Hall–Kier alpha value is -1.43. The highest BCUT2D eigenvalue weighted by Gasteiger charge is 2.19. The van der Waals surface area contributed by atoms with Gasteiger partial charge in [-0.1, -0.05) is 30.3 Å². The molecule has 0 radical (unpaired) electrons. The lowest BCUT2D eigenvalue weighted by molar-refractivity contribution is -0.138. The van der Waals surface area contributed by atoms with E-state index in [1.165, 1.54) is 0 Å². The van der Waals surface area contributed by atoms with Crippen molar-refractivity contribution in [1.82, 2.24) is 5.32 Å². The van der Waals surface area contributed by atoms with Crippen molar-refractivity contribution in [1.29, 1.82) is 0 Å². The molecule has 0 saturated heterocycles. The Morgan fingerprint density at radius 3 is 2.47 bits per heavy atom. The number of benzene rings is 1. The van der Waals surface area contributed by atoms with E-state index >= 15 is 0 Å². The van der Waals surface area contributed by atoms with Crippen molar-refractivity contribution in [3.05, 3.63) is 35.9 Å². The quantitative estimate of drug-likeness (QED) is 0.701. The Kier molecular flexibility index (Phi) is 7.10. The summed E-state index contributed by atoms with van der Waals surface area (Å²) in [7, 11) is 3.22. The lowest BCUT2D eigenvalue weighted by Crippen LogP contribution is -2.35. The van der Waals surface area contributed by atoms with Crippen molar-refractivity contribution in [2.24, 2.45) is 0 Å². The monoisotopic (exact) mass is 267 g/mol. The Balaban J connectivity index is 2.50. The van der Waals surface area contributed by atoms with Crippen LogP contribution in [0.5, 0.6) is 0 Å². The molecular weight excluding hydrogens is 246 g/mol. The molecule has 106 valence electrons. The number of carboxylic acid groups (broad SMARTS) is 1. The SMILES string of the molecule is COCC(CNCC(C(=O)O)c1ccccc1)OC. The standard InChI is InChI=1S/C14H21NO4/c1-18-10-12(19-2)8-15-9-13(14(16)17)11-6-4-3-5-7-11/h3-7,12-13,15H,8-10H2,1-2H3,(H,16,17). The van der Waals surface area contributed by atoms with E-state index < -0.39 is 11.9 Å². The van der Waals surface area contributed by atoms with Crippen LogP contribution in [0.25, 0.3) is 0 Å². The highest BCUT2D eigenvalue weighted by Crippen LogP contribution is 2.14. The lowest BCUT2D eigenvalue weighted by atomic mass is 9.99. The molecule has 0 saturated carbocycles. The first-order valence-corrected chi connectivity index (χ1v) is 6.19. The fourth-order valence-electron chi connectivity index (χ4n) is 1.82. The van der Waals surface area contributed by atoms with E-state index in [-0.39, 0.29) is 6.10 Å². The molecule has 0 bridgehead atoms. The van der Waals surface area contributed by atoms with Gasteiger partial charge >= 0.3 is 5.97 Å². The minimum absolute atomic E-state index is 0.0739. The first-order valence-electron chi connectivity index (χ1n) is 6.19. The molecule has 0 heterocycles. The van der Waals surface area contributed by atoms with Crippen LogP contribution >= 0.6 is 0 Å². The molecule has 0 aliphatic carbocycles. The minimum atomic E-state index is -0.834. The van der Waals surface area contributed by atoms with Gasteiger partial charge in [-0.3, -0.25) is 4.79 Å². The molecule has 2 N–H and O–H groups in total. The third-order valence-electron chi connectivity index (χ3n) is 2.91. The smallest absolute Gasteiger partial charge is 0.312 e. The van der Waals surface area contributed by atoms with Crippen molar-refractivity contribution in [2.45, 2.75) is 12.0 Å². The summed E-state index contributed by atoms with van der Waals surface area (Å²) in [5.41, 5.74) is 0.795. The number of ether oxygens (including phenoxy) is 2. The molecule has 5 nitrogen and oxygen atoms in total. The van der Waals surface area contributed by atoms with Gasteiger partial charge in [-0.05, 0) is 5.56 Å². The average Bonchev–Trinajstić information content (AvgIpc) is 2.42. The van der Waals surface area contributed by atoms with Crippen LogP contribution in [0.4, 0.5) is 0 Å². The summed E-state index contributed by atoms with van der Waals surface area (Å²) in [5, 5.41) is 12.4. The highest BCUT2D eigenvalue weighted by atomic mass is 16.5. The van der Waals surface area contributed by atoms with Crippen LogP contribution in [-0.4, -0.2) is 51.1 Å². The fraction of sp³-hybridized carbons (Fsp3) is 0.500. The number of methoxy groups -OCH3 is 2. The molecule has 0 aliphatic heterocycles. The van der Waals surface area contributed by atoms with Crippen LogP contribution in [0.3, 0.4) is 0 Å².